The predicted molar refractivity (Wildman–Crippen MR) is 41.9 cm³/mol. The number of rotatable bonds is 2. The number of hydrogen-bond donors (Lipinski definition) is 2. The first-order valence-corrected chi connectivity index (χ1v) is 3.76. The Labute approximate surface area is 66.6 Å². The van der Waals surface area contributed by atoms with E-state index in [1.807, 2.05) is 4.90 Å². The summed E-state index contributed by atoms with van der Waals surface area (Å²) in [5.74, 6) is 2.52. The van der Waals surface area contributed by atoms with Crippen molar-refractivity contribution in [1.82, 2.24) is 4.90 Å². The molecule has 1 aliphatic heterocycles. The van der Waals surface area contributed by atoms with Crippen LogP contribution in [0.15, 0.2) is 0 Å². The van der Waals surface area contributed by atoms with Gasteiger partial charge in [-0.1, -0.05) is 0 Å². The second kappa shape index (κ2) is 3.72. The lowest BCUT2D eigenvalue weighted by molar-refractivity contribution is 0.0572. The minimum Gasteiger partial charge on any atom is -0.389 e. The lowest BCUT2D eigenvalue weighted by Crippen LogP contribution is -2.22. The number of nitrogens with zero attached hydrogens (tertiary/aromatic N) is 1. The molecule has 0 unspecified atom stereocenters. The third kappa shape index (κ3) is 2.19. The van der Waals surface area contributed by atoms with Gasteiger partial charge in [-0.25, -0.2) is 0 Å². The number of hydrogen-bond acceptors (Lipinski definition) is 3. The molecule has 1 rings (SSSR count). The van der Waals surface area contributed by atoms with Crippen LogP contribution in [0.1, 0.15) is 6.42 Å². The van der Waals surface area contributed by atoms with Crippen molar-refractivity contribution in [3.63, 3.8) is 0 Å². The van der Waals surface area contributed by atoms with Crippen molar-refractivity contribution < 1.29 is 10.2 Å². The van der Waals surface area contributed by atoms with Crippen LogP contribution in [0.5, 0.6) is 0 Å². The average molecular weight is 155 g/mol. The largest absolute Gasteiger partial charge is 0.389 e. The van der Waals surface area contributed by atoms with Gasteiger partial charge < -0.3 is 10.2 Å². The second-order valence-electron chi connectivity index (χ2n) is 2.85. The van der Waals surface area contributed by atoms with Gasteiger partial charge in [0.05, 0.1) is 12.2 Å². The molecule has 11 heavy (non-hydrogen) atoms. The van der Waals surface area contributed by atoms with E-state index < -0.39 is 12.2 Å². The van der Waals surface area contributed by atoms with E-state index in [9.17, 15) is 0 Å². The standard InChI is InChI=1S/C8H13NO2/c1-2-3-4-9-5-7(10)8(11)6-9/h1,7-8,10-11H,3-6H2/t7-,8+. The SMILES string of the molecule is C#CCCN1C[C@@H](O)[C@@H](O)C1. The van der Waals surface area contributed by atoms with Gasteiger partial charge in [0.25, 0.3) is 0 Å². The molecule has 0 amide bonds. The Balaban J connectivity index is 2.25. The topological polar surface area (TPSA) is 43.7 Å². The lowest BCUT2D eigenvalue weighted by atomic mass is 10.3. The van der Waals surface area contributed by atoms with Crippen LogP contribution in [0.3, 0.4) is 0 Å². The number of β-amino-alcohol motifs (C(OH)–C–C–N with tert-alkyl or cyclic N) is 2. The van der Waals surface area contributed by atoms with Crippen LogP contribution >= 0.6 is 0 Å². The minimum atomic E-state index is -0.590. The molecule has 62 valence electrons. The molecule has 0 aliphatic carbocycles. The summed E-state index contributed by atoms with van der Waals surface area (Å²) >= 11 is 0. The van der Waals surface area contributed by atoms with Gasteiger partial charge in [0.2, 0.25) is 0 Å². The Hall–Kier alpha value is -0.560. The van der Waals surface area contributed by atoms with E-state index in [4.69, 9.17) is 16.6 Å². The van der Waals surface area contributed by atoms with Crippen LogP contribution in [0, 0.1) is 12.3 Å². The molecule has 0 aromatic carbocycles. The van der Waals surface area contributed by atoms with Crippen molar-refractivity contribution in [3.05, 3.63) is 0 Å². The van der Waals surface area contributed by atoms with Crippen LogP contribution in [-0.2, 0) is 0 Å². The molecule has 0 aromatic rings. The Bertz CT molecular complexity index is 154. The van der Waals surface area contributed by atoms with E-state index in [0.29, 0.717) is 19.5 Å². The van der Waals surface area contributed by atoms with Crippen molar-refractivity contribution in [2.75, 3.05) is 19.6 Å². The van der Waals surface area contributed by atoms with Crippen molar-refractivity contribution in [1.29, 1.82) is 0 Å². The van der Waals surface area contributed by atoms with Gasteiger partial charge in [0, 0.05) is 26.1 Å². The quantitative estimate of drug-likeness (QED) is 0.505. The van der Waals surface area contributed by atoms with Crippen molar-refractivity contribution in [2.45, 2.75) is 18.6 Å². The first kappa shape index (κ1) is 8.54. The van der Waals surface area contributed by atoms with E-state index >= 15 is 0 Å². The van der Waals surface area contributed by atoms with Crippen LogP contribution in [-0.4, -0.2) is 47.0 Å². The third-order valence-electron chi connectivity index (χ3n) is 1.91. The number of likely N-dealkylation sites (tertiary alicyclic amines) is 1. The molecule has 0 bridgehead atoms. The first-order valence-electron chi connectivity index (χ1n) is 3.76. The Morgan fingerprint density at radius 3 is 2.36 bits per heavy atom. The monoisotopic (exact) mass is 155 g/mol. The van der Waals surface area contributed by atoms with Gasteiger partial charge in [-0.15, -0.1) is 12.3 Å². The molecule has 2 atom stereocenters. The maximum atomic E-state index is 9.12. The number of aliphatic hydroxyl groups is 2. The fourth-order valence-corrected chi connectivity index (χ4v) is 1.25. The van der Waals surface area contributed by atoms with Crippen LogP contribution in [0.25, 0.3) is 0 Å². The van der Waals surface area contributed by atoms with Crippen molar-refractivity contribution in [2.24, 2.45) is 0 Å². The third-order valence-corrected chi connectivity index (χ3v) is 1.91. The molecule has 1 fully saturated rings. The molecule has 0 saturated carbocycles. The zero-order valence-corrected chi connectivity index (χ0v) is 6.40. The highest BCUT2D eigenvalue weighted by molar-refractivity contribution is 4.88. The molecule has 0 aromatic heterocycles. The van der Waals surface area contributed by atoms with Crippen LogP contribution < -0.4 is 0 Å². The second-order valence-corrected chi connectivity index (χ2v) is 2.85. The summed E-state index contributed by atoms with van der Waals surface area (Å²) < 4.78 is 0. The van der Waals surface area contributed by atoms with E-state index in [0.717, 1.165) is 6.54 Å². The molecular formula is C8H13NO2. The zero-order chi connectivity index (χ0) is 8.27. The smallest absolute Gasteiger partial charge is 0.0938 e. The zero-order valence-electron chi connectivity index (χ0n) is 6.40. The van der Waals surface area contributed by atoms with Crippen molar-refractivity contribution >= 4 is 0 Å². The van der Waals surface area contributed by atoms with Gasteiger partial charge in [-0.05, 0) is 0 Å². The minimum absolute atomic E-state index is 0.544. The first-order chi connectivity index (χ1) is 5.24. The molecular weight excluding hydrogens is 142 g/mol. The Kier molecular flexibility index (Phi) is 2.89. The summed E-state index contributed by atoms with van der Waals surface area (Å²) in [6.45, 7) is 1.86. The molecule has 0 spiro atoms. The van der Waals surface area contributed by atoms with Gasteiger partial charge in [0.15, 0.2) is 0 Å². The molecule has 0 radical (unpaired) electrons. The lowest BCUT2D eigenvalue weighted by Gasteiger charge is -2.11. The van der Waals surface area contributed by atoms with E-state index in [1.165, 1.54) is 0 Å². The maximum Gasteiger partial charge on any atom is 0.0938 e. The Morgan fingerprint density at radius 2 is 1.91 bits per heavy atom. The van der Waals surface area contributed by atoms with E-state index in [-0.39, 0.29) is 0 Å². The number of aliphatic hydroxyl groups excluding tert-OH is 2. The fourth-order valence-electron chi connectivity index (χ4n) is 1.25. The summed E-state index contributed by atoms with van der Waals surface area (Å²) in [4.78, 5) is 1.97. The summed E-state index contributed by atoms with van der Waals surface area (Å²) in [7, 11) is 0. The van der Waals surface area contributed by atoms with E-state index in [2.05, 4.69) is 5.92 Å². The predicted octanol–water partition coefficient (Wildman–Crippen LogP) is -0.953. The summed E-state index contributed by atoms with van der Waals surface area (Å²) in [6, 6.07) is 0. The highest BCUT2D eigenvalue weighted by Crippen LogP contribution is 2.09. The van der Waals surface area contributed by atoms with Gasteiger partial charge in [0.1, 0.15) is 0 Å². The summed E-state index contributed by atoms with van der Waals surface area (Å²) in [5.41, 5.74) is 0. The van der Waals surface area contributed by atoms with Crippen LogP contribution in [0.2, 0.25) is 0 Å². The maximum absolute atomic E-state index is 9.12. The average Bonchev–Trinajstić information content (AvgIpc) is 2.28. The molecule has 3 nitrogen and oxygen atoms in total. The van der Waals surface area contributed by atoms with Gasteiger partial charge >= 0.3 is 0 Å². The molecule has 2 N–H and O–H groups in total. The van der Waals surface area contributed by atoms with Crippen LogP contribution in [0.4, 0.5) is 0 Å². The Morgan fingerprint density at radius 1 is 1.36 bits per heavy atom. The summed E-state index contributed by atoms with van der Waals surface area (Å²) in [5, 5.41) is 18.2. The number of terminal acetylenes is 1. The van der Waals surface area contributed by atoms with E-state index in [1.54, 1.807) is 0 Å². The normalized spacial score (nSPS) is 32.1. The highest BCUT2D eigenvalue weighted by Gasteiger charge is 2.28. The molecule has 1 saturated heterocycles. The summed E-state index contributed by atoms with van der Waals surface area (Å²) in [6.07, 6.45) is 4.57. The molecule has 1 heterocycles. The van der Waals surface area contributed by atoms with Gasteiger partial charge in [-0.3, -0.25) is 4.90 Å². The molecule has 3 heteroatoms. The van der Waals surface area contributed by atoms with Gasteiger partial charge in [-0.2, -0.15) is 0 Å². The highest BCUT2D eigenvalue weighted by atomic mass is 16.3. The fraction of sp³-hybridized carbons (Fsp3) is 0.750. The molecule has 1 aliphatic rings. The van der Waals surface area contributed by atoms with Crippen molar-refractivity contribution in [3.8, 4) is 12.3 Å².